The molecule has 1 aromatic heterocycles. The number of rotatable bonds is 6. The van der Waals surface area contributed by atoms with E-state index < -0.39 is 23.4 Å². The minimum absolute atomic E-state index is 0.161. The molecule has 0 unspecified atom stereocenters. The molecule has 0 atom stereocenters. The number of nitrogens with zero attached hydrogens (tertiary/aromatic N) is 1. The Balaban J connectivity index is 1.74. The molecule has 9 heteroatoms. The number of ether oxygens (including phenoxy) is 1. The smallest absolute Gasteiger partial charge is 0.433 e. The third-order valence-corrected chi connectivity index (χ3v) is 5.75. The van der Waals surface area contributed by atoms with Crippen molar-refractivity contribution in [2.75, 3.05) is 0 Å². The van der Waals surface area contributed by atoms with Gasteiger partial charge in [0.25, 0.3) is 0 Å². The lowest BCUT2D eigenvalue weighted by molar-refractivity contribution is -0.255. The molecule has 0 amide bonds. The molecule has 1 aliphatic carbocycles. The van der Waals surface area contributed by atoms with Gasteiger partial charge >= 0.3 is 6.18 Å². The minimum Gasteiger partial charge on any atom is -0.545 e. The van der Waals surface area contributed by atoms with Gasteiger partial charge in [-0.05, 0) is 77.9 Å². The summed E-state index contributed by atoms with van der Waals surface area (Å²) >= 11 is 6.22. The van der Waals surface area contributed by atoms with Crippen molar-refractivity contribution in [3.63, 3.8) is 0 Å². The maximum absolute atomic E-state index is 13.2. The first-order valence-electron chi connectivity index (χ1n) is 10.3. The molecular formula is C25H17ClF4NO3-. The molecule has 176 valence electrons. The van der Waals surface area contributed by atoms with Crippen molar-refractivity contribution in [2.45, 2.75) is 32.0 Å². The molecule has 4 rings (SSSR count). The van der Waals surface area contributed by atoms with Gasteiger partial charge in [-0.1, -0.05) is 23.7 Å². The van der Waals surface area contributed by atoms with Gasteiger partial charge in [-0.25, -0.2) is 4.39 Å². The van der Waals surface area contributed by atoms with E-state index in [0.29, 0.717) is 41.2 Å². The molecular weight excluding hydrogens is 474 g/mol. The molecule has 0 saturated heterocycles. The molecule has 0 radical (unpaired) electrons. The summed E-state index contributed by atoms with van der Waals surface area (Å²) < 4.78 is 58.7. The molecule has 2 aromatic carbocycles. The average Bonchev–Trinajstić information content (AvgIpc) is 3.28. The van der Waals surface area contributed by atoms with Crippen LogP contribution in [-0.4, -0.2) is 11.0 Å². The number of carbonyl (C=O) groups is 1. The standard InChI is InChI=1S/C25H18ClF4NO3/c26-16-6-9-22(34-13-14-4-7-17(27)8-5-14)20(11-16)19-3-1-2-18(19)15-10-21(24(32)33)23(31-12-15)25(28,29)30/h4-12H,1-3,13H2,(H,32,33)/p-1. The van der Waals surface area contributed by atoms with Gasteiger partial charge in [0, 0.05) is 22.3 Å². The Hall–Kier alpha value is -3.39. The van der Waals surface area contributed by atoms with Gasteiger partial charge in [0.2, 0.25) is 0 Å². The van der Waals surface area contributed by atoms with E-state index >= 15 is 0 Å². The Morgan fingerprint density at radius 1 is 1.06 bits per heavy atom. The van der Waals surface area contributed by atoms with Crippen LogP contribution in [0.2, 0.25) is 5.02 Å². The number of aromatic carboxylic acids is 1. The lowest BCUT2D eigenvalue weighted by Crippen LogP contribution is -2.27. The minimum atomic E-state index is -4.92. The highest BCUT2D eigenvalue weighted by molar-refractivity contribution is 6.30. The van der Waals surface area contributed by atoms with Crippen molar-refractivity contribution in [1.82, 2.24) is 4.98 Å². The number of allylic oxidation sites excluding steroid dienone is 2. The van der Waals surface area contributed by atoms with E-state index in [1.54, 1.807) is 30.3 Å². The topological polar surface area (TPSA) is 62.2 Å². The van der Waals surface area contributed by atoms with Crippen LogP contribution in [-0.2, 0) is 12.8 Å². The van der Waals surface area contributed by atoms with Crippen molar-refractivity contribution in [2.24, 2.45) is 0 Å². The van der Waals surface area contributed by atoms with E-state index in [1.165, 1.54) is 12.1 Å². The number of hydrogen-bond acceptors (Lipinski definition) is 4. The first-order valence-corrected chi connectivity index (χ1v) is 10.7. The van der Waals surface area contributed by atoms with Gasteiger partial charge < -0.3 is 14.6 Å². The van der Waals surface area contributed by atoms with Crippen molar-refractivity contribution in [1.29, 1.82) is 0 Å². The summed E-state index contributed by atoms with van der Waals surface area (Å²) in [6, 6.07) is 11.8. The largest absolute Gasteiger partial charge is 0.545 e. The van der Waals surface area contributed by atoms with E-state index in [1.807, 2.05) is 0 Å². The highest BCUT2D eigenvalue weighted by Crippen LogP contribution is 2.44. The van der Waals surface area contributed by atoms with Crippen LogP contribution in [0.5, 0.6) is 5.75 Å². The van der Waals surface area contributed by atoms with Crippen LogP contribution < -0.4 is 9.84 Å². The predicted octanol–water partition coefficient (Wildman–Crippen LogP) is 5.93. The number of carboxylic acids is 1. The van der Waals surface area contributed by atoms with Gasteiger partial charge in [0.05, 0.1) is 5.97 Å². The number of halogens is 5. The molecule has 0 spiro atoms. The predicted molar refractivity (Wildman–Crippen MR) is 116 cm³/mol. The summed E-state index contributed by atoms with van der Waals surface area (Å²) in [6.45, 7) is 0.161. The van der Waals surface area contributed by atoms with Gasteiger partial charge in [-0.15, -0.1) is 0 Å². The molecule has 3 aromatic rings. The van der Waals surface area contributed by atoms with Crippen LogP contribution in [0, 0.1) is 5.82 Å². The number of alkyl halides is 3. The molecule has 4 nitrogen and oxygen atoms in total. The van der Waals surface area contributed by atoms with Crippen molar-refractivity contribution < 1.29 is 32.2 Å². The second-order valence-corrected chi connectivity index (χ2v) is 8.21. The quantitative estimate of drug-likeness (QED) is 0.402. The summed E-state index contributed by atoms with van der Waals surface area (Å²) in [5.41, 5.74) is 0.597. The van der Waals surface area contributed by atoms with E-state index in [-0.39, 0.29) is 18.0 Å². The summed E-state index contributed by atoms with van der Waals surface area (Å²) in [4.78, 5) is 14.8. The molecule has 1 aliphatic rings. The maximum Gasteiger partial charge on any atom is 0.433 e. The first-order chi connectivity index (χ1) is 16.1. The van der Waals surface area contributed by atoms with E-state index in [0.717, 1.165) is 23.4 Å². The molecule has 0 saturated carbocycles. The molecule has 34 heavy (non-hydrogen) atoms. The SMILES string of the molecule is O=C([O-])c1cc(C2=C(c3cc(Cl)ccc3OCc3ccc(F)cc3)CCC2)cnc1C(F)(F)F. The van der Waals surface area contributed by atoms with E-state index in [9.17, 15) is 27.5 Å². The average molecular weight is 491 g/mol. The zero-order valence-corrected chi connectivity index (χ0v) is 18.3. The monoisotopic (exact) mass is 490 g/mol. The summed E-state index contributed by atoms with van der Waals surface area (Å²) in [7, 11) is 0. The Bertz CT molecular complexity index is 1270. The van der Waals surface area contributed by atoms with Gasteiger partial charge in [0.15, 0.2) is 5.69 Å². The van der Waals surface area contributed by atoms with Crippen LogP contribution in [0.4, 0.5) is 17.6 Å². The number of pyridine rings is 1. The third kappa shape index (κ3) is 5.07. The second kappa shape index (κ2) is 9.46. The number of hydrogen-bond donors (Lipinski definition) is 0. The number of carbonyl (C=O) groups excluding carboxylic acids is 1. The summed E-state index contributed by atoms with van der Waals surface area (Å²) in [5, 5.41) is 11.8. The zero-order chi connectivity index (χ0) is 24.5. The van der Waals surface area contributed by atoms with Gasteiger partial charge in [-0.3, -0.25) is 4.98 Å². The van der Waals surface area contributed by atoms with Crippen LogP contribution in [0.1, 0.15) is 52.0 Å². The number of carboxylic acid groups (broad SMARTS) is 1. The first kappa shape index (κ1) is 23.8. The Morgan fingerprint density at radius 2 is 1.76 bits per heavy atom. The van der Waals surface area contributed by atoms with E-state index in [2.05, 4.69) is 4.98 Å². The Morgan fingerprint density at radius 3 is 2.44 bits per heavy atom. The Kier molecular flexibility index (Phi) is 6.61. The number of aromatic nitrogens is 1. The van der Waals surface area contributed by atoms with Crippen LogP contribution in [0.25, 0.3) is 11.1 Å². The highest BCUT2D eigenvalue weighted by atomic mass is 35.5. The Labute approximate surface area is 197 Å². The number of benzene rings is 2. The summed E-state index contributed by atoms with van der Waals surface area (Å²) in [6.07, 6.45) is -2.09. The molecule has 0 aliphatic heterocycles. The van der Waals surface area contributed by atoms with Gasteiger partial charge in [-0.2, -0.15) is 13.2 Å². The molecule has 1 heterocycles. The summed E-state index contributed by atoms with van der Waals surface area (Å²) in [5.74, 6) is -1.83. The fourth-order valence-electron chi connectivity index (χ4n) is 3.98. The normalized spacial score (nSPS) is 13.9. The fraction of sp³-hybridized carbons (Fsp3) is 0.200. The molecule has 0 N–H and O–H groups in total. The van der Waals surface area contributed by atoms with Crippen LogP contribution >= 0.6 is 11.6 Å². The maximum atomic E-state index is 13.2. The zero-order valence-electron chi connectivity index (χ0n) is 17.6. The fourth-order valence-corrected chi connectivity index (χ4v) is 4.15. The van der Waals surface area contributed by atoms with Crippen molar-refractivity contribution >= 4 is 28.7 Å². The van der Waals surface area contributed by atoms with Crippen molar-refractivity contribution in [3.8, 4) is 5.75 Å². The lowest BCUT2D eigenvalue weighted by atomic mass is 9.96. The van der Waals surface area contributed by atoms with E-state index in [4.69, 9.17) is 16.3 Å². The third-order valence-electron chi connectivity index (χ3n) is 5.52. The second-order valence-electron chi connectivity index (χ2n) is 7.77. The molecule has 0 bridgehead atoms. The van der Waals surface area contributed by atoms with Crippen LogP contribution in [0.15, 0.2) is 54.7 Å². The van der Waals surface area contributed by atoms with Gasteiger partial charge in [0.1, 0.15) is 18.2 Å². The van der Waals surface area contributed by atoms with Crippen molar-refractivity contribution in [3.05, 3.63) is 93.5 Å². The molecule has 0 fully saturated rings. The van der Waals surface area contributed by atoms with Crippen LogP contribution in [0.3, 0.4) is 0 Å². The lowest BCUT2D eigenvalue weighted by Gasteiger charge is -2.17. The highest BCUT2D eigenvalue weighted by Gasteiger charge is 2.36.